The minimum absolute atomic E-state index is 0.943. The van der Waals surface area contributed by atoms with Crippen LogP contribution < -0.4 is 0 Å². The third kappa shape index (κ3) is 8.65. The number of hydrogen-bond donors (Lipinski definition) is 0. The summed E-state index contributed by atoms with van der Waals surface area (Å²) in [6.07, 6.45) is 0. The van der Waals surface area contributed by atoms with Crippen LogP contribution in [-0.4, -0.2) is 9.97 Å². The van der Waals surface area contributed by atoms with E-state index in [1.165, 1.54) is 54.9 Å². The van der Waals surface area contributed by atoms with Crippen molar-refractivity contribution in [2.24, 2.45) is 0 Å². The molecule has 0 amide bonds. The molecule has 346 valence electrons. The van der Waals surface area contributed by atoms with Gasteiger partial charge < -0.3 is 0 Å². The molecule has 2 heterocycles. The van der Waals surface area contributed by atoms with Crippen LogP contribution in [0.2, 0.25) is 0 Å². The van der Waals surface area contributed by atoms with Crippen LogP contribution in [-0.2, 0) is 0 Å². The minimum atomic E-state index is 0.943. The van der Waals surface area contributed by atoms with Gasteiger partial charge in [0.15, 0.2) is 0 Å². The molecular weight excluding hydrogens is 893 g/mol. The molecule has 0 saturated heterocycles. The second-order valence-corrected chi connectivity index (χ2v) is 18.9. The molecule has 13 aromatic rings. The zero-order valence-electron chi connectivity index (χ0n) is 40.6. The Morgan fingerprint density at radius 2 is 0.378 bits per heavy atom. The lowest BCUT2D eigenvalue weighted by Gasteiger charge is -2.20. The van der Waals surface area contributed by atoms with Crippen molar-refractivity contribution in [3.8, 4) is 112 Å². The number of fused-ring (bicyclic) bond motifs is 2. The highest BCUT2D eigenvalue weighted by Gasteiger charge is 2.19. The predicted molar refractivity (Wildman–Crippen MR) is 311 cm³/mol. The van der Waals surface area contributed by atoms with Gasteiger partial charge in [0.25, 0.3) is 0 Å². The summed E-state index contributed by atoms with van der Waals surface area (Å²) in [4.78, 5) is 10.4. The van der Waals surface area contributed by atoms with Crippen LogP contribution in [0, 0.1) is 0 Å². The molecule has 0 saturated carbocycles. The van der Waals surface area contributed by atoms with E-state index in [0.29, 0.717) is 0 Å². The molecule has 0 atom stereocenters. The summed E-state index contributed by atoms with van der Waals surface area (Å²) in [6.45, 7) is 0. The zero-order valence-corrected chi connectivity index (χ0v) is 40.6. The highest BCUT2D eigenvalue weighted by atomic mass is 14.7. The summed E-state index contributed by atoms with van der Waals surface area (Å²) in [7, 11) is 0. The first-order valence-electron chi connectivity index (χ1n) is 25.3. The van der Waals surface area contributed by atoms with Gasteiger partial charge in [-0.05, 0) is 125 Å². The highest BCUT2D eigenvalue weighted by Crippen LogP contribution is 2.46. The maximum atomic E-state index is 5.22. The van der Waals surface area contributed by atoms with E-state index in [2.05, 4.69) is 279 Å². The molecule has 2 aromatic heterocycles. The SMILES string of the molecule is c1ccc(-c2cc(-c3ccccc3)nc(-c3ccc(-c4ccc5c(-c6ccccc6)c6cc(-c7ccc(-c8cc(-c9ccccc9)cc(-c9ccccc9)n8)cc7)ccc6c(-c6ccccc6)c5c4)cc3)c2)cc1. The van der Waals surface area contributed by atoms with Crippen molar-refractivity contribution in [3.05, 3.63) is 291 Å². The van der Waals surface area contributed by atoms with E-state index in [-0.39, 0.29) is 0 Å². The zero-order chi connectivity index (χ0) is 49.2. The smallest absolute Gasteiger partial charge is 0.0715 e. The summed E-state index contributed by atoms with van der Waals surface area (Å²) < 4.78 is 0. The van der Waals surface area contributed by atoms with Crippen molar-refractivity contribution < 1.29 is 0 Å². The highest BCUT2D eigenvalue weighted by molar-refractivity contribution is 6.22. The Morgan fingerprint density at radius 1 is 0.149 bits per heavy atom. The van der Waals surface area contributed by atoms with Crippen LogP contribution in [0.3, 0.4) is 0 Å². The predicted octanol–water partition coefficient (Wildman–Crippen LogP) is 19.5. The van der Waals surface area contributed by atoms with E-state index in [1.54, 1.807) is 0 Å². The van der Waals surface area contributed by atoms with Crippen LogP contribution in [0.1, 0.15) is 0 Å². The monoisotopic (exact) mass is 940 g/mol. The van der Waals surface area contributed by atoms with Crippen LogP contribution in [0.15, 0.2) is 291 Å². The molecule has 13 rings (SSSR count). The van der Waals surface area contributed by atoms with E-state index in [0.717, 1.165) is 78.4 Å². The molecule has 2 heteroatoms. The van der Waals surface area contributed by atoms with Crippen LogP contribution in [0.5, 0.6) is 0 Å². The van der Waals surface area contributed by atoms with Crippen molar-refractivity contribution in [2.75, 3.05) is 0 Å². The van der Waals surface area contributed by atoms with Crippen molar-refractivity contribution in [1.29, 1.82) is 0 Å². The Bertz CT molecular complexity index is 3710. The van der Waals surface area contributed by atoms with Crippen molar-refractivity contribution >= 4 is 21.5 Å². The molecule has 0 aliphatic heterocycles. The summed E-state index contributed by atoms with van der Waals surface area (Å²) in [6, 6.07) is 105. The number of aromatic nitrogens is 2. The van der Waals surface area contributed by atoms with Crippen molar-refractivity contribution in [1.82, 2.24) is 9.97 Å². The average Bonchev–Trinajstić information content (AvgIpc) is 3.49. The third-order valence-electron chi connectivity index (χ3n) is 14.3. The van der Waals surface area contributed by atoms with E-state index in [9.17, 15) is 0 Å². The van der Waals surface area contributed by atoms with Gasteiger partial charge in [0, 0.05) is 22.3 Å². The molecule has 0 radical (unpaired) electrons. The van der Waals surface area contributed by atoms with E-state index < -0.39 is 0 Å². The Kier molecular flexibility index (Phi) is 11.6. The summed E-state index contributed by atoms with van der Waals surface area (Å²) in [5.41, 5.74) is 22.2. The molecular formula is C72H48N2. The van der Waals surface area contributed by atoms with Crippen LogP contribution in [0.25, 0.3) is 133 Å². The number of nitrogens with zero attached hydrogens (tertiary/aromatic N) is 2. The first-order valence-corrected chi connectivity index (χ1v) is 25.3. The van der Waals surface area contributed by atoms with Crippen LogP contribution in [0.4, 0.5) is 0 Å². The summed E-state index contributed by atoms with van der Waals surface area (Å²) in [5, 5.41) is 4.85. The molecule has 0 bridgehead atoms. The van der Waals surface area contributed by atoms with Gasteiger partial charge in [-0.1, -0.05) is 255 Å². The number of rotatable bonds is 10. The first-order chi connectivity index (χ1) is 36.7. The largest absolute Gasteiger partial charge is 0.248 e. The van der Waals surface area contributed by atoms with Gasteiger partial charge in [-0.25, -0.2) is 9.97 Å². The fourth-order valence-electron chi connectivity index (χ4n) is 10.6. The fourth-order valence-corrected chi connectivity index (χ4v) is 10.6. The lowest BCUT2D eigenvalue weighted by Crippen LogP contribution is -1.93. The molecule has 0 unspecified atom stereocenters. The first kappa shape index (κ1) is 44.2. The molecule has 0 aliphatic carbocycles. The van der Waals surface area contributed by atoms with Crippen molar-refractivity contribution in [2.45, 2.75) is 0 Å². The molecule has 0 aliphatic rings. The Morgan fingerprint density at radius 3 is 0.689 bits per heavy atom. The van der Waals surface area contributed by atoms with Gasteiger partial charge in [0.1, 0.15) is 0 Å². The van der Waals surface area contributed by atoms with Gasteiger partial charge in [0.2, 0.25) is 0 Å². The maximum Gasteiger partial charge on any atom is 0.0715 e. The van der Waals surface area contributed by atoms with Gasteiger partial charge >= 0.3 is 0 Å². The van der Waals surface area contributed by atoms with E-state index >= 15 is 0 Å². The molecule has 0 fully saturated rings. The normalized spacial score (nSPS) is 11.2. The molecule has 2 nitrogen and oxygen atoms in total. The van der Waals surface area contributed by atoms with Crippen molar-refractivity contribution in [3.63, 3.8) is 0 Å². The van der Waals surface area contributed by atoms with E-state index in [4.69, 9.17) is 9.97 Å². The average molecular weight is 941 g/mol. The molecule has 74 heavy (non-hydrogen) atoms. The maximum absolute atomic E-state index is 5.22. The molecule has 0 N–H and O–H groups in total. The lowest BCUT2D eigenvalue weighted by atomic mass is 9.84. The Labute approximate surface area is 432 Å². The van der Waals surface area contributed by atoms with Gasteiger partial charge in [-0.2, -0.15) is 0 Å². The number of benzene rings is 11. The quantitative estimate of drug-likeness (QED) is 0.128. The van der Waals surface area contributed by atoms with Gasteiger partial charge in [-0.3, -0.25) is 0 Å². The number of hydrogen-bond acceptors (Lipinski definition) is 2. The molecule has 11 aromatic carbocycles. The minimum Gasteiger partial charge on any atom is -0.248 e. The standard InChI is InChI=1S/C72H48N2/c1-7-19-49(20-8-1)61-45-67(53-23-11-3-12-24-53)73-69(47-61)55-35-31-51(32-36-55)59-39-41-63-65(43-59)71(57-27-15-5-16-28-57)64-42-40-60(44-66(64)72(63)58-29-17-6-18-30-58)52-33-37-56(38-34-52)70-48-62(50-21-9-2-10-22-50)46-68(74-70)54-25-13-4-14-26-54/h1-48H. The lowest BCUT2D eigenvalue weighted by molar-refractivity contribution is 1.32. The Hall–Kier alpha value is -9.76. The summed E-state index contributed by atoms with van der Waals surface area (Å²) in [5.74, 6) is 0. The van der Waals surface area contributed by atoms with Crippen LogP contribution >= 0.6 is 0 Å². The third-order valence-corrected chi connectivity index (χ3v) is 14.3. The topological polar surface area (TPSA) is 25.8 Å². The summed E-state index contributed by atoms with van der Waals surface area (Å²) >= 11 is 0. The van der Waals surface area contributed by atoms with Gasteiger partial charge in [0.05, 0.1) is 22.8 Å². The Balaban J connectivity index is 0.915. The number of pyridine rings is 2. The van der Waals surface area contributed by atoms with Gasteiger partial charge in [-0.15, -0.1) is 0 Å². The second kappa shape index (κ2) is 19.4. The van der Waals surface area contributed by atoms with E-state index in [1.807, 2.05) is 12.1 Å². The molecule has 0 spiro atoms. The second-order valence-electron chi connectivity index (χ2n) is 18.9. The fraction of sp³-hybridized carbons (Fsp3) is 0.